The van der Waals surface area contributed by atoms with Crippen LogP contribution in [0.3, 0.4) is 0 Å². The molecule has 8 heteroatoms. The Bertz CT molecular complexity index is 1300. The lowest BCUT2D eigenvalue weighted by Crippen LogP contribution is -2.11. The second-order valence-corrected chi connectivity index (χ2v) is 8.04. The van der Waals surface area contributed by atoms with Crippen LogP contribution in [0.5, 0.6) is 0 Å². The molecule has 0 fully saturated rings. The van der Waals surface area contributed by atoms with Gasteiger partial charge in [0.2, 0.25) is 11.5 Å². The van der Waals surface area contributed by atoms with E-state index in [4.69, 9.17) is 9.47 Å². The normalized spacial score (nSPS) is 15.1. The summed E-state index contributed by atoms with van der Waals surface area (Å²) < 4.78 is 11.3. The number of hydrogen-bond acceptors (Lipinski definition) is 7. The molecule has 1 unspecified atom stereocenters. The highest BCUT2D eigenvalue weighted by atomic mass is 16.6. The summed E-state index contributed by atoms with van der Waals surface area (Å²) in [6, 6.07) is 14.7. The maximum absolute atomic E-state index is 13.5. The molecule has 8 nitrogen and oxygen atoms in total. The lowest BCUT2D eigenvalue weighted by Gasteiger charge is -2.11. The van der Waals surface area contributed by atoms with E-state index in [9.17, 15) is 19.7 Å². The molecule has 0 saturated carbocycles. The maximum atomic E-state index is 13.5. The Labute approximate surface area is 202 Å². The second kappa shape index (κ2) is 10.3. The Kier molecular flexibility index (Phi) is 7.01. The zero-order valence-electron chi connectivity index (χ0n) is 19.4. The monoisotopic (exact) mass is 472 g/mol. The Morgan fingerprint density at radius 3 is 2.46 bits per heavy atom. The molecule has 4 rings (SSSR count). The third kappa shape index (κ3) is 4.96. The number of Topliss-reactive ketones (excluding diaryl/α,β-unsaturated/α-hetero) is 1. The van der Waals surface area contributed by atoms with E-state index in [0.717, 1.165) is 24.0 Å². The summed E-state index contributed by atoms with van der Waals surface area (Å²) in [7, 11) is 0. The average molecular weight is 472 g/mol. The highest BCUT2D eigenvalue weighted by Crippen LogP contribution is 2.39. The minimum atomic E-state index is -1.11. The molecule has 178 valence electrons. The summed E-state index contributed by atoms with van der Waals surface area (Å²) in [5.41, 5.74) is 3.95. The number of nitro benzene ring substituents is 1. The van der Waals surface area contributed by atoms with Crippen molar-refractivity contribution in [2.75, 3.05) is 0 Å². The van der Waals surface area contributed by atoms with Crippen LogP contribution in [0.4, 0.5) is 5.69 Å². The molecule has 2 aromatic carbocycles. The van der Waals surface area contributed by atoms with Crippen LogP contribution in [0.25, 0.3) is 5.57 Å². The minimum Gasteiger partial charge on any atom is -0.469 e. The molecule has 1 aromatic heterocycles. The number of aromatic nitrogens is 1. The van der Waals surface area contributed by atoms with Gasteiger partial charge in [-0.05, 0) is 47.7 Å². The Hall–Kier alpha value is -4.33. The van der Waals surface area contributed by atoms with Crippen molar-refractivity contribution in [3.05, 3.63) is 111 Å². The minimum absolute atomic E-state index is 0.0296. The van der Waals surface area contributed by atoms with Gasteiger partial charge in [-0.15, -0.1) is 0 Å². The zero-order valence-corrected chi connectivity index (χ0v) is 19.4. The van der Waals surface area contributed by atoms with Crippen molar-refractivity contribution < 1.29 is 24.0 Å². The van der Waals surface area contributed by atoms with Crippen molar-refractivity contribution in [3.8, 4) is 0 Å². The van der Waals surface area contributed by atoms with Crippen molar-refractivity contribution in [2.24, 2.45) is 0 Å². The van der Waals surface area contributed by atoms with Crippen molar-refractivity contribution in [3.63, 3.8) is 0 Å². The molecule has 1 atom stereocenters. The largest absolute Gasteiger partial charge is 0.469 e. The van der Waals surface area contributed by atoms with Gasteiger partial charge < -0.3 is 9.47 Å². The quantitative estimate of drug-likeness (QED) is 0.260. The SMILES string of the molecule is CCc1ccc(C2=C(C(=O)OCc3cccnc3)OC(c3ccc([N+](=O)[O-])cc3)C2=O)cc1CC. The van der Waals surface area contributed by atoms with Crippen LogP contribution in [0.1, 0.15) is 47.8 Å². The lowest BCUT2D eigenvalue weighted by atomic mass is 9.92. The van der Waals surface area contributed by atoms with Crippen molar-refractivity contribution in [2.45, 2.75) is 39.4 Å². The number of aryl methyl sites for hydroxylation is 2. The van der Waals surface area contributed by atoms with E-state index in [1.54, 1.807) is 30.6 Å². The van der Waals surface area contributed by atoms with Crippen molar-refractivity contribution >= 4 is 23.0 Å². The number of ether oxygens (including phenoxy) is 2. The van der Waals surface area contributed by atoms with E-state index in [0.29, 0.717) is 16.7 Å². The number of esters is 1. The van der Waals surface area contributed by atoms with Crippen LogP contribution < -0.4 is 0 Å². The number of pyridine rings is 1. The molecule has 2 heterocycles. The fraction of sp³-hybridized carbons (Fsp3) is 0.222. The molecule has 0 aliphatic carbocycles. The van der Waals surface area contributed by atoms with Gasteiger partial charge >= 0.3 is 5.97 Å². The number of ketones is 1. The zero-order chi connectivity index (χ0) is 24.9. The molecule has 1 aliphatic rings. The van der Waals surface area contributed by atoms with Crippen LogP contribution in [0.15, 0.2) is 72.8 Å². The van der Waals surface area contributed by atoms with Gasteiger partial charge in [0, 0.05) is 35.7 Å². The first-order valence-corrected chi connectivity index (χ1v) is 11.3. The van der Waals surface area contributed by atoms with Crippen molar-refractivity contribution in [1.82, 2.24) is 4.98 Å². The second-order valence-electron chi connectivity index (χ2n) is 8.04. The summed E-state index contributed by atoms with van der Waals surface area (Å²) in [4.78, 5) is 41.1. The van der Waals surface area contributed by atoms with Crippen LogP contribution in [0, 0.1) is 10.1 Å². The molecule has 35 heavy (non-hydrogen) atoms. The van der Waals surface area contributed by atoms with Crippen LogP contribution in [0.2, 0.25) is 0 Å². The molecular weight excluding hydrogens is 448 g/mol. The molecule has 1 aliphatic heterocycles. The summed E-state index contributed by atoms with van der Waals surface area (Å²) in [5.74, 6) is -1.34. The van der Waals surface area contributed by atoms with E-state index >= 15 is 0 Å². The van der Waals surface area contributed by atoms with E-state index in [1.165, 1.54) is 24.3 Å². The van der Waals surface area contributed by atoms with Crippen LogP contribution >= 0.6 is 0 Å². The number of non-ortho nitro benzene ring substituents is 1. The fourth-order valence-electron chi connectivity index (χ4n) is 4.04. The molecule has 0 amide bonds. The van der Waals surface area contributed by atoms with E-state index in [2.05, 4.69) is 11.9 Å². The molecule has 0 spiro atoms. The number of rotatable bonds is 8. The molecule has 0 bridgehead atoms. The van der Waals surface area contributed by atoms with Gasteiger partial charge in [-0.25, -0.2) is 4.79 Å². The maximum Gasteiger partial charge on any atom is 0.374 e. The Morgan fingerprint density at radius 2 is 1.83 bits per heavy atom. The van der Waals surface area contributed by atoms with Gasteiger partial charge in [-0.3, -0.25) is 19.9 Å². The predicted molar refractivity (Wildman–Crippen MR) is 128 cm³/mol. The third-order valence-electron chi connectivity index (χ3n) is 5.89. The van der Waals surface area contributed by atoms with Gasteiger partial charge in [0.05, 0.1) is 10.5 Å². The number of carbonyl (C=O) groups excluding carboxylic acids is 2. The van der Waals surface area contributed by atoms with Gasteiger partial charge in [0.25, 0.3) is 5.69 Å². The molecule has 0 radical (unpaired) electrons. The van der Waals surface area contributed by atoms with Gasteiger partial charge in [0.15, 0.2) is 6.10 Å². The molecular formula is C27H24N2O6. The summed E-state index contributed by atoms with van der Waals surface area (Å²) in [5, 5.41) is 11.0. The fourth-order valence-corrected chi connectivity index (χ4v) is 4.04. The highest BCUT2D eigenvalue weighted by Gasteiger charge is 2.41. The first-order chi connectivity index (χ1) is 16.9. The topological polar surface area (TPSA) is 109 Å². The van der Waals surface area contributed by atoms with Crippen LogP contribution in [-0.4, -0.2) is 21.7 Å². The molecule has 0 N–H and O–H groups in total. The molecule has 3 aromatic rings. The first kappa shape index (κ1) is 23.8. The smallest absolute Gasteiger partial charge is 0.374 e. The number of hydrogen-bond donors (Lipinski definition) is 0. The van der Waals surface area contributed by atoms with Crippen LogP contribution in [-0.2, 0) is 38.5 Å². The Balaban J connectivity index is 1.70. The number of nitro groups is 1. The number of nitrogens with zero attached hydrogens (tertiary/aromatic N) is 2. The average Bonchev–Trinajstić information content (AvgIpc) is 3.24. The Morgan fingerprint density at radius 1 is 1.09 bits per heavy atom. The molecule has 0 saturated heterocycles. The standard InChI is InChI=1S/C27H24N2O6/c1-3-18-7-8-21(14-19(18)4-2)23-24(30)25(20-9-11-22(12-10-20)29(32)33)35-26(23)27(31)34-16-17-6-5-13-28-15-17/h5-15,25H,3-4,16H2,1-2H3. The van der Waals surface area contributed by atoms with Gasteiger partial charge in [-0.2, -0.15) is 0 Å². The lowest BCUT2D eigenvalue weighted by molar-refractivity contribution is -0.384. The summed E-state index contributed by atoms with van der Waals surface area (Å²) >= 11 is 0. The number of benzene rings is 2. The highest BCUT2D eigenvalue weighted by molar-refractivity contribution is 6.29. The predicted octanol–water partition coefficient (Wildman–Crippen LogP) is 4.91. The van der Waals surface area contributed by atoms with Gasteiger partial charge in [-0.1, -0.05) is 38.1 Å². The van der Waals surface area contributed by atoms with Crippen molar-refractivity contribution in [1.29, 1.82) is 0 Å². The van der Waals surface area contributed by atoms with E-state index in [1.807, 2.05) is 19.1 Å². The van der Waals surface area contributed by atoms with Gasteiger partial charge in [0.1, 0.15) is 6.61 Å². The summed E-state index contributed by atoms with van der Waals surface area (Å²) in [6.45, 7) is 4.06. The third-order valence-corrected chi connectivity index (χ3v) is 5.89. The van der Waals surface area contributed by atoms with E-state index in [-0.39, 0.29) is 23.6 Å². The van der Waals surface area contributed by atoms with E-state index < -0.39 is 22.8 Å². The number of carbonyl (C=O) groups is 2. The first-order valence-electron chi connectivity index (χ1n) is 11.3. The summed E-state index contributed by atoms with van der Waals surface area (Å²) in [6.07, 6.45) is 3.71.